The van der Waals surface area contributed by atoms with Crippen LogP contribution in [-0.4, -0.2) is 40.4 Å². The predicted molar refractivity (Wildman–Crippen MR) is 110 cm³/mol. The molecule has 0 saturated carbocycles. The highest BCUT2D eigenvalue weighted by Gasteiger charge is 2.35. The molecule has 158 valence electrons. The van der Waals surface area contributed by atoms with Crippen LogP contribution in [0, 0.1) is 0 Å². The Bertz CT molecular complexity index is 1100. The molecular weight excluding hydrogens is 432 g/mol. The molecule has 0 unspecified atom stereocenters. The third-order valence-corrected chi connectivity index (χ3v) is 6.43. The van der Waals surface area contributed by atoms with Crippen LogP contribution in [0.3, 0.4) is 0 Å². The number of urea groups is 1. The van der Waals surface area contributed by atoms with Crippen molar-refractivity contribution in [2.24, 2.45) is 0 Å². The molecule has 0 radical (unpaired) electrons. The second-order valence-corrected chi connectivity index (χ2v) is 8.83. The van der Waals surface area contributed by atoms with E-state index in [1.807, 2.05) is 0 Å². The number of carbonyl (C=O) groups excluding carboxylic acids is 2. The molecule has 0 aliphatic carbocycles. The Morgan fingerprint density at radius 3 is 2.27 bits per heavy atom. The van der Waals surface area contributed by atoms with Crippen LogP contribution >= 0.6 is 11.6 Å². The smallest absolute Gasteiger partial charge is 0.338 e. The molecule has 30 heavy (non-hydrogen) atoms. The van der Waals surface area contributed by atoms with Gasteiger partial charge in [-0.15, -0.1) is 0 Å². The number of esters is 1. The van der Waals surface area contributed by atoms with Gasteiger partial charge in [0.15, 0.2) is 9.84 Å². The van der Waals surface area contributed by atoms with Crippen molar-refractivity contribution in [3.8, 4) is 5.75 Å². The number of hydrogen-bond donors (Lipinski definition) is 2. The summed E-state index contributed by atoms with van der Waals surface area (Å²) in [4.78, 5) is 24.8. The lowest BCUT2D eigenvalue weighted by molar-refractivity contribution is -0.136. The lowest BCUT2D eigenvalue weighted by atomic mass is 9.95. The van der Waals surface area contributed by atoms with E-state index in [2.05, 4.69) is 10.6 Å². The van der Waals surface area contributed by atoms with Gasteiger partial charge in [-0.05, 0) is 42.0 Å². The first-order valence-corrected chi connectivity index (χ1v) is 10.8. The molecule has 0 fully saturated rings. The first-order valence-electron chi connectivity index (χ1n) is 8.76. The van der Waals surface area contributed by atoms with Crippen LogP contribution in [0.4, 0.5) is 4.79 Å². The molecule has 2 aromatic rings. The highest BCUT2D eigenvalue weighted by Crippen LogP contribution is 2.30. The molecule has 2 amide bonds. The van der Waals surface area contributed by atoms with Crippen molar-refractivity contribution in [1.82, 2.24) is 10.6 Å². The van der Waals surface area contributed by atoms with Gasteiger partial charge in [0.1, 0.15) is 5.75 Å². The van der Waals surface area contributed by atoms with Gasteiger partial charge in [0.25, 0.3) is 0 Å². The summed E-state index contributed by atoms with van der Waals surface area (Å²) in [5.41, 5.74) is 0.492. The van der Waals surface area contributed by atoms with E-state index in [-0.39, 0.29) is 16.2 Å². The van der Waals surface area contributed by atoms with E-state index < -0.39 is 33.6 Å². The van der Waals surface area contributed by atoms with Gasteiger partial charge in [0, 0.05) is 10.7 Å². The molecule has 3 rings (SSSR count). The standard InChI is InChI=1S/C20H19ClN2O6S/c1-28-14-7-9-15(10-8-14)30(26,27)11-16-17(19(24)29-2)18(23-20(25)22-16)12-3-5-13(21)6-4-12/h3-10,18H,11H2,1-2H3,(H2,22,23,25)/t18-/m1/s1. The molecule has 2 aromatic carbocycles. The van der Waals surface area contributed by atoms with Crippen LogP contribution in [0.2, 0.25) is 5.02 Å². The fourth-order valence-electron chi connectivity index (χ4n) is 3.04. The van der Waals surface area contributed by atoms with Gasteiger partial charge in [-0.25, -0.2) is 18.0 Å². The molecule has 10 heteroatoms. The maximum absolute atomic E-state index is 12.9. The zero-order chi connectivity index (χ0) is 21.9. The monoisotopic (exact) mass is 450 g/mol. The van der Waals surface area contributed by atoms with E-state index in [4.69, 9.17) is 21.1 Å². The zero-order valence-electron chi connectivity index (χ0n) is 16.1. The molecule has 1 atom stereocenters. The number of halogens is 1. The quantitative estimate of drug-likeness (QED) is 0.654. The SMILES string of the molecule is COC(=O)C1=C(CS(=O)(=O)c2ccc(OC)cc2)NC(=O)N[C@@H]1c1ccc(Cl)cc1. The summed E-state index contributed by atoms with van der Waals surface area (Å²) in [6.45, 7) is 0. The summed E-state index contributed by atoms with van der Waals surface area (Å²) in [5, 5.41) is 5.54. The van der Waals surface area contributed by atoms with Gasteiger partial charge in [-0.2, -0.15) is 0 Å². The largest absolute Gasteiger partial charge is 0.497 e. The summed E-state index contributed by atoms with van der Waals surface area (Å²) >= 11 is 5.92. The zero-order valence-corrected chi connectivity index (χ0v) is 17.7. The number of nitrogens with one attached hydrogen (secondary N) is 2. The van der Waals surface area contributed by atoms with Crippen molar-refractivity contribution < 1.29 is 27.5 Å². The number of benzene rings is 2. The van der Waals surface area contributed by atoms with Crippen molar-refractivity contribution in [3.05, 3.63) is 70.4 Å². The van der Waals surface area contributed by atoms with Gasteiger partial charge in [0.05, 0.1) is 36.5 Å². The van der Waals surface area contributed by atoms with Crippen LogP contribution in [-0.2, 0) is 19.4 Å². The lowest BCUT2D eigenvalue weighted by Gasteiger charge is -2.29. The average Bonchev–Trinajstić information content (AvgIpc) is 2.73. The van der Waals surface area contributed by atoms with E-state index in [1.165, 1.54) is 38.5 Å². The molecule has 0 spiro atoms. The summed E-state index contributed by atoms with van der Waals surface area (Å²) in [6, 6.07) is 10.8. The molecule has 0 aromatic heterocycles. The lowest BCUT2D eigenvalue weighted by Crippen LogP contribution is -2.47. The van der Waals surface area contributed by atoms with Crippen LogP contribution < -0.4 is 15.4 Å². The molecule has 8 nitrogen and oxygen atoms in total. The molecule has 1 aliphatic heterocycles. The van der Waals surface area contributed by atoms with Gasteiger partial charge in [-0.3, -0.25) is 0 Å². The Morgan fingerprint density at radius 1 is 1.07 bits per heavy atom. The third-order valence-electron chi connectivity index (χ3n) is 4.52. The number of amides is 2. The normalized spacial score (nSPS) is 16.5. The number of rotatable bonds is 6. The maximum atomic E-state index is 12.9. The fraction of sp³-hybridized carbons (Fsp3) is 0.200. The highest BCUT2D eigenvalue weighted by molar-refractivity contribution is 7.91. The van der Waals surface area contributed by atoms with Gasteiger partial charge < -0.3 is 20.1 Å². The van der Waals surface area contributed by atoms with Crippen molar-refractivity contribution in [1.29, 1.82) is 0 Å². The number of carbonyl (C=O) groups is 2. The predicted octanol–water partition coefficient (Wildman–Crippen LogP) is 2.60. The van der Waals surface area contributed by atoms with Gasteiger partial charge in [-0.1, -0.05) is 23.7 Å². The average molecular weight is 451 g/mol. The number of hydrogen-bond acceptors (Lipinski definition) is 6. The minimum Gasteiger partial charge on any atom is -0.497 e. The molecular formula is C20H19ClN2O6S. The second-order valence-electron chi connectivity index (χ2n) is 6.40. The van der Waals surface area contributed by atoms with Crippen LogP contribution in [0.5, 0.6) is 5.75 Å². The van der Waals surface area contributed by atoms with Gasteiger partial charge in [0.2, 0.25) is 0 Å². The van der Waals surface area contributed by atoms with Crippen LogP contribution in [0.15, 0.2) is 64.7 Å². The summed E-state index contributed by atoms with van der Waals surface area (Å²) in [6.07, 6.45) is 0. The first-order chi connectivity index (χ1) is 14.2. The Morgan fingerprint density at radius 2 is 1.70 bits per heavy atom. The Balaban J connectivity index is 2.05. The number of sulfone groups is 1. The molecule has 1 heterocycles. The summed E-state index contributed by atoms with van der Waals surface area (Å²) in [7, 11) is -1.23. The molecule has 0 saturated heterocycles. The molecule has 1 aliphatic rings. The van der Waals surface area contributed by atoms with Crippen LogP contribution in [0.25, 0.3) is 0 Å². The second kappa shape index (κ2) is 8.76. The number of methoxy groups -OCH3 is 2. The van der Waals surface area contributed by atoms with Crippen molar-refractivity contribution in [2.45, 2.75) is 10.9 Å². The minimum atomic E-state index is -3.88. The van der Waals surface area contributed by atoms with E-state index in [1.54, 1.807) is 24.3 Å². The summed E-state index contributed by atoms with van der Waals surface area (Å²) in [5.74, 6) is -0.856. The van der Waals surface area contributed by atoms with Crippen LogP contribution in [0.1, 0.15) is 11.6 Å². The topological polar surface area (TPSA) is 111 Å². The van der Waals surface area contributed by atoms with Crippen molar-refractivity contribution in [3.63, 3.8) is 0 Å². The highest BCUT2D eigenvalue weighted by atomic mass is 35.5. The summed E-state index contributed by atoms with van der Waals surface area (Å²) < 4.78 is 35.8. The van der Waals surface area contributed by atoms with Gasteiger partial charge >= 0.3 is 12.0 Å². The Kier molecular flexibility index (Phi) is 6.33. The number of ether oxygens (including phenoxy) is 2. The van der Waals surface area contributed by atoms with Crippen molar-refractivity contribution >= 4 is 33.4 Å². The van der Waals surface area contributed by atoms with Crippen molar-refractivity contribution in [2.75, 3.05) is 20.0 Å². The third kappa shape index (κ3) is 4.58. The van der Waals surface area contributed by atoms with E-state index >= 15 is 0 Å². The molecule has 0 bridgehead atoms. The van der Waals surface area contributed by atoms with E-state index in [0.717, 1.165) is 0 Å². The minimum absolute atomic E-state index is 0.00323. The Hall–Kier alpha value is -3.04. The van der Waals surface area contributed by atoms with E-state index in [0.29, 0.717) is 16.3 Å². The van der Waals surface area contributed by atoms with E-state index in [9.17, 15) is 18.0 Å². The fourth-order valence-corrected chi connectivity index (χ4v) is 4.50. The Labute approximate surface area is 178 Å². The maximum Gasteiger partial charge on any atom is 0.338 e. The molecule has 2 N–H and O–H groups in total. The first kappa shape index (κ1) is 21.7.